The Labute approximate surface area is 147 Å². The van der Waals surface area contributed by atoms with E-state index in [4.69, 9.17) is 11.6 Å². The van der Waals surface area contributed by atoms with Crippen molar-refractivity contribution in [1.29, 1.82) is 0 Å². The molecule has 0 atom stereocenters. The van der Waals surface area contributed by atoms with Gasteiger partial charge in [0.25, 0.3) is 5.91 Å². The second-order valence-corrected chi connectivity index (χ2v) is 6.68. The zero-order valence-corrected chi connectivity index (χ0v) is 15.0. The minimum Gasteiger partial charge on any atom is -0.346 e. The number of rotatable bonds is 5. The van der Waals surface area contributed by atoms with E-state index in [1.165, 1.54) is 18.2 Å². The number of amides is 2. The minimum absolute atomic E-state index is 0.0630. The lowest BCUT2D eigenvalue weighted by atomic mass is 9.94. The van der Waals surface area contributed by atoms with Crippen LogP contribution in [0.1, 0.15) is 43.0 Å². The molecule has 1 heterocycles. The van der Waals surface area contributed by atoms with Gasteiger partial charge in [-0.1, -0.05) is 31.0 Å². The van der Waals surface area contributed by atoms with Gasteiger partial charge in [0.05, 0.1) is 10.6 Å². The van der Waals surface area contributed by atoms with Crippen LogP contribution in [0.4, 0.5) is 4.39 Å². The molecule has 1 fully saturated rings. The molecular weight excluding hydrogens is 331 g/mol. The number of carbonyl (C=O) groups excluding carboxylic acids is 2. The Bertz CT molecular complexity index is 580. The highest BCUT2D eigenvalue weighted by atomic mass is 35.5. The van der Waals surface area contributed by atoms with Gasteiger partial charge in [0.1, 0.15) is 5.82 Å². The van der Waals surface area contributed by atoms with Crippen molar-refractivity contribution in [3.8, 4) is 0 Å². The molecule has 1 aromatic carbocycles. The molecular formula is C18H24ClFN2O2. The molecule has 0 aromatic heterocycles. The van der Waals surface area contributed by atoms with Crippen LogP contribution in [0.3, 0.4) is 0 Å². The molecule has 0 bridgehead atoms. The first-order valence-electron chi connectivity index (χ1n) is 8.44. The molecule has 2 amide bonds. The third-order valence-corrected chi connectivity index (χ3v) is 4.85. The number of hydrogen-bond acceptors (Lipinski definition) is 2. The van der Waals surface area contributed by atoms with Crippen molar-refractivity contribution in [2.45, 2.75) is 32.6 Å². The molecule has 1 aromatic rings. The summed E-state index contributed by atoms with van der Waals surface area (Å²) >= 11 is 5.96. The van der Waals surface area contributed by atoms with Gasteiger partial charge in [-0.3, -0.25) is 9.59 Å². The van der Waals surface area contributed by atoms with Crippen LogP contribution in [0.25, 0.3) is 0 Å². The second kappa shape index (κ2) is 8.47. The number of nitrogens with zero attached hydrogens (tertiary/aromatic N) is 2. The zero-order valence-electron chi connectivity index (χ0n) is 14.2. The standard InChI is InChI=1S/C18H24ClFN2O2/c1-3-4-10-21(2)17(23)13-8-11-22(12-9-13)18(24)16-14(19)6-5-7-15(16)20/h5-7,13H,3-4,8-12H2,1-2H3. The van der Waals surface area contributed by atoms with Gasteiger partial charge in [0.15, 0.2) is 0 Å². The lowest BCUT2D eigenvalue weighted by Gasteiger charge is -2.33. The number of unbranched alkanes of at least 4 members (excludes halogenated alkanes) is 1. The summed E-state index contributed by atoms with van der Waals surface area (Å²) in [5.74, 6) is -0.931. The van der Waals surface area contributed by atoms with Crippen LogP contribution in [0.2, 0.25) is 5.02 Å². The van der Waals surface area contributed by atoms with Crippen LogP contribution in [0, 0.1) is 11.7 Å². The molecule has 1 saturated heterocycles. The van der Waals surface area contributed by atoms with Crippen molar-refractivity contribution >= 4 is 23.4 Å². The van der Waals surface area contributed by atoms with E-state index < -0.39 is 11.7 Å². The predicted octanol–water partition coefficient (Wildman–Crippen LogP) is 3.59. The number of halogens is 2. The predicted molar refractivity (Wildman–Crippen MR) is 92.6 cm³/mol. The highest BCUT2D eigenvalue weighted by Gasteiger charge is 2.30. The van der Waals surface area contributed by atoms with Crippen LogP contribution >= 0.6 is 11.6 Å². The Morgan fingerprint density at radius 3 is 2.58 bits per heavy atom. The number of benzene rings is 1. The van der Waals surface area contributed by atoms with Gasteiger partial charge in [0, 0.05) is 32.6 Å². The Balaban J connectivity index is 1.95. The van der Waals surface area contributed by atoms with Crippen LogP contribution < -0.4 is 0 Å². The van der Waals surface area contributed by atoms with E-state index in [0.717, 1.165) is 19.4 Å². The topological polar surface area (TPSA) is 40.6 Å². The largest absolute Gasteiger partial charge is 0.346 e. The molecule has 24 heavy (non-hydrogen) atoms. The molecule has 6 heteroatoms. The van der Waals surface area contributed by atoms with E-state index in [1.54, 1.807) is 9.80 Å². The maximum Gasteiger partial charge on any atom is 0.258 e. The summed E-state index contributed by atoms with van der Waals surface area (Å²) in [7, 11) is 1.83. The van der Waals surface area contributed by atoms with Crippen molar-refractivity contribution in [2.75, 3.05) is 26.7 Å². The molecule has 4 nitrogen and oxygen atoms in total. The molecule has 0 radical (unpaired) electrons. The summed E-state index contributed by atoms with van der Waals surface area (Å²) in [6.45, 7) is 3.75. The first-order chi connectivity index (χ1) is 11.5. The number of hydrogen-bond donors (Lipinski definition) is 0. The van der Waals surface area contributed by atoms with Gasteiger partial charge in [-0.15, -0.1) is 0 Å². The first kappa shape index (κ1) is 18.7. The molecule has 2 rings (SSSR count). The highest BCUT2D eigenvalue weighted by Crippen LogP contribution is 2.25. The molecule has 132 valence electrons. The van der Waals surface area contributed by atoms with E-state index in [-0.39, 0.29) is 22.4 Å². The van der Waals surface area contributed by atoms with Crippen molar-refractivity contribution in [3.05, 3.63) is 34.6 Å². The second-order valence-electron chi connectivity index (χ2n) is 6.28. The van der Waals surface area contributed by atoms with E-state index in [2.05, 4.69) is 6.92 Å². The SMILES string of the molecule is CCCCN(C)C(=O)C1CCN(C(=O)c2c(F)cccc2Cl)CC1. The summed E-state index contributed by atoms with van der Waals surface area (Å²) < 4.78 is 13.9. The van der Waals surface area contributed by atoms with E-state index >= 15 is 0 Å². The number of carbonyl (C=O) groups is 2. The van der Waals surface area contributed by atoms with Crippen molar-refractivity contribution < 1.29 is 14.0 Å². The summed E-state index contributed by atoms with van der Waals surface area (Å²) in [5.41, 5.74) is -0.0796. The summed E-state index contributed by atoms with van der Waals surface area (Å²) in [5, 5.41) is 0.123. The molecule has 0 saturated carbocycles. The average molecular weight is 355 g/mol. The lowest BCUT2D eigenvalue weighted by molar-refractivity contribution is -0.135. The third-order valence-electron chi connectivity index (χ3n) is 4.53. The highest BCUT2D eigenvalue weighted by molar-refractivity contribution is 6.33. The summed E-state index contributed by atoms with van der Waals surface area (Å²) in [6.07, 6.45) is 3.25. The molecule has 0 spiro atoms. The summed E-state index contributed by atoms with van der Waals surface area (Å²) in [4.78, 5) is 28.3. The van der Waals surface area contributed by atoms with Crippen molar-refractivity contribution in [1.82, 2.24) is 9.80 Å². The normalized spacial score (nSPS) is 15.4. The number of piperidine rings is 1. The van der Waals surface area contributed by atoms with Crippen LogP contribution in [-0.2, 0) is 4.79 Å². The average Bonchev–Trinajstić information content (AvgIpc) is 2.58. The van der Waals surface area contributed by atoms with Gasteiger partial charge >= 0.3 is 0 Å². The molecule has 0 aliphatic carbocycles. The van der Waals surface area contributed by atoms with Gasteiger partial charge in [-0.05, 0) is 31.4 Å². The fraction of sp³-hybridized carbons (Fsp3) is 0.556. The molecule has 0 N–H and O–H groups in total. The van der Waals surface area contributed by atoms with Crippen LogP contribution in [-0.4, -0.2) is 48.3 Å². The van der Waals surface area contributed by atoms with Gasteiger partial charge < -0.3 is 9.80 Å². The molecule has 1 aliphatic heterocycles. The Kier molecular flexibility index (Phi) is 6.60. The molecule has 0 unspecified atom stereocenters. The maximum absolute atomic E-state index is 13.9. The Hall–Kier alpha value is -1.62. The minimum atomic E-state index is -0.606. The van der Waals surface area contributed by atoms with E-state index in [9.17, 15) is 14.0 Å². The fourth-order valence-electron chi connectivity index (χ4n) is 3.01. The first-order valence-corrected chi connectivity index (χ1v) is 8.81. The maximum atomic E-state index is 13.9. The van der Waals surface area contributed by atoms with E-state index in [1.807, 2.05) is 7.05 Å². The van der Waals surface area contributed by atoms with Crippen LogP contribution in [0.15, 0.2) is 18.2 Å². The van der Waals surface area contributed by atoms with Gasteiger partial charge in [-0.25, -0.2) is 4.39 Å². The van der Waals surface area contributed by atoms with E-state index in [0.29, 0.717) is 25.9 Å². The van der Waals surface area contributed by atoms with Crippen LogP contribution in [0.5, 0.6) is 0 Å². The smallest absolute Gasteiger partial charge is 0.258 e. The summed E-state index contributed by atoms with van der Waals surface area (Å²) in [6, 6.07) is 4.22. The van der Waals surface area contributed by atoms with Gasteiger partial charge in [0.2, 0.25) is 5.91 Å². The zero-order chi connectivity index (χ0) is 17.7. The molecule has 1 aliphatic rings. The third kappa shape index (κ3) is 4.26. The van der Waals surface area contributed by atoms with Gasteiger partial charge in [-0.2, -0.15) is 0 Å². The Morgan fingerprint density at radius 1 is 1.33 bits per heavy atom. The monoisotopic (exact) mass is 354 g/mol. The Morgan fingerprint density at radius 2 is 2.00 bits per heavy atom. The fourth-order valence-corrected chi connectivity index (χ4v) is 3.25. The quantitative estimate of drug-likeness (QED) is 0.810. The van der Waals surface area contributed by atoms with Crippen molar-refractivity contribution in [2.24, 2.45) is 5.92 Å². The van der Waals surface area contributed by atoms with Crippen molar-refractivity contribution in [3.63, 3.8) is 0 Å². The number of likely N-dealkylation sites (tertiary alicyclic amines) is 1. The lowest BCUT2D eigenvalue weighted by Crippen LogP contribution is -2.44.